The van der Waals surface area contributed by atoms with E-state index in [0.29, 0.717) is 6.54 Å². The molecule has 3 rings (SSSR count). The zero-order valence-electron chi connectivity index (χ0n) is 20.4. The Morgan fingerprint density at radius 3 is 2.38 bits per heavy atom. The minimum absolute atomic E-state index is 0.114. The van der Waals surface area contributed by atoms with Gasteiger partial charge in [-0.1, -0.05) is 20.8 Å². The van der Waals surface area contributed by atoms with Crippen LogP contribution in [-0.2, 0) is 21.4 Å². The molecule has 1 heterocycles. The summed E-state index contributed by atoms with van der Waals surface area (Å²) >= 11 is 1.55. The zero-order valence-corrected chi connectivity index (χ0v) is 21.2. The Balaban J connectivity index is 1.72. The summed E-state index contributed by atoms with van der Waals surface area (Å²) < 4.78 is 11.0. The van der Waals surface area contributed by atoms with Crippen molar-refractivity contribution in [3.63, 3.8) is 0 Å². The van der Waals surface area contributed by atoms with Crippen molar-refractivity contribution < 1.29 is 14.2 Å². The fourth-order valence-electron chi connectivity index (χ4n) is 3.18. The average Bonchev–Trinajstić information content (AvgIpc) is 3.16. The van der Waals surface area contributed by atoms with Crippen LogP contribution in [0.15, 0.2) is 42.5 Å². The van der Waals surface area contributed by atoms with Crippen molar-refractivity contribution in [3.05, 3.63) is 53.0 Å². The van der Waals surface area contributed by atoms with E-state index < -0.39 is 11.7 Å². The van der Waals surface area contributed by atoms with Crippen molar-refractivity contribution in [3.8, 4) is 17.4 Å². The number of benzene rings is 2. The van der Waals surface area contributed by atoms with E-state index in [2.05, 4.69) is 78.5 Å². The number of nitrogens with zero attached hydrogens (tertiary/aromatic N) is 2. The number of rotatable bonds is 6. The molecule has 9 heteroatoms. The predicted octanol–water partition coefficient (Wildman–Crippen LogP) is 5.08. The Morgan fingerprint density at radius 1 is 1.09 bits per heavy atom. The van der Waals surface area contributed by atoms with Gasteiger partial charge in [0, 0.05) is 0 Å². The zero-order chi connectivity index (χ0) is 24.9. The van der Waals surface area contributed by atoms with Crippen LogP contribution in [0.25, 0.3) is 21.3 Å². The van der Waals surface area contributed by atoms with Crippen molar-refractivity contribution in [2.45, 2.75) is 59.1 Å². The monoisotopic (exact) mass is 476 g/mol. The number of thiazole rings is 1. The third-order valence-electron chi connectivity index (χ3n) is 4.81. The number of alkyl carbamates (subject to hydrolysis) is 1. The number of amides is 1. The second kappa shape index (κ2) is 10.3. The van der Waals surface area contributed by atoms with Crippen molar-refractivity contribution in [2.75, 3.05) is 0 Å². The van der Waals surface area contributed by atoms with Gasteiger partial charge in [0.05, 0.1) is 0 Å². The summed E-state index contributed by atoms with van der Waals surface area (Å²) in [6, 6.07) is 14.9. The summed E-state index contributed by atoms with van der Waals surface area (Å²) in [7, 11) is 1.12. The maximum absolute atomic E-state index is 12.1. The van der Waals surface area contributed by atoms with E-state index in [1.165, 1.54) is 5.56 Å². The number of hydrogen-bond acceptors (Lipinski definition) is 7. The van der Waals surface area contributed by atoms with Crippen molar-refractivity contribution in [1.82, 2.24) is 15.6 Å². The molecule has 2 aromatic carbocycles. The summed E-state index contributed by atoms with van der Waals surface area (Å²) in [4.78, 5) is 16.8. The number of carbonyl (C=O) groups is 1. The second-order valence-corrected chi connectivity index (χ2v) is 11.0. The molecule has 176 valence electrons. The van der Waals surface area contributed by atoms with Gasteiger partial charge in [-0.25, -0.2) is 0 Å². The fourth-order valence-corrected chi connectivity index (χ4v) is 4.07. The summed E-state index contributed by atoms with van der Waals surface area (Å²) in [6.45, 7) is 12.3. The van der Waals surface area contributed by atoms with Crippen LogP contribution in [0.2, 0.25) is 0 Å². The molecule has 1 amide bonds. The van der Waals surface area contributed by atoms with Crippen LogP contribution in [-0.4, -0.2) is 29.5 Å². The van der Waals surface area contributed by atoms with E-state index in [9.17, 15) is 4.79 Å². The van der Waals surface area contributed by atoms with E-state index >= 15 is 0 Å². The summed E-state index contributed by atoms with van der Waals surface area (Å²) in [5, 5.41) is 15.1. The van der Waals surface area contributed by atoms with E-state index in [-0.39, 0.29) is 11.1 Å². The topological polar surface area (TPSA) is 96.3 Å². The van der Waals surface area contributed by atoms with Crippen molar-refractivity contribution >= 4 is 40.5 Å². The van der Waals surface area contributed by atoms with Crippen molar-refractivity contribution in [2.24, 2.45) is 0 Å². The van der Waals surface area contributed by atoms with Crippen LogP contribution in [0, 0.1) is 11.5 Å². The first-order valence-corrected chi connectivity index (χ1v) is 11.8. The maximum atomic E-state index is 12.1. The number of fused-ring (bicyclic) bond motifs is 1. The van der Waals surface area contributed by atoms with Crippen LogP contribution < -0.4 is 10.6 Å². The van der Waals surface area contributed by atoms with Gasteiger partial charge in [0.1, 0.15) is 0 Å². The van der Waals surface area contributed by atoms with Gasteiger partial charge in [-0.2, -0.15) is 0 Å². The van der Waals surface area contributed by atoms with E-state index in [0.717, 1.165) is 33.5 Å². The fraction of sp³-hybridized carbons (Fsp3) is 0.360. The van der Waals surface area contributed by atoms with Gasteiger partial charge in [-0.05, 0) is 5.41 Å². The van der Waals surface area contributed by atoms with E-state index in [4.69, 9.17) is 15.0 Å². The molecular formula is C25H29BN4O3S. The first kappa shape index (κ1) is 25.3. The summed E-state index contributed by atoms with van der Waals surface area (Å²) in [5.74, 6) is 0. The quantitative estimate of drug-likeness (QED) is 0.381. The number of aromatic nitrogens is 1. The van der Waals surface area contributed by atoms with Crippen LogP contribution in [0.4, 0.5) is 4.79 Å². The first-order chi connectivity index (χ1) is 15.9. The average molecular weight is 476 g/mol. The summed E-state index contributed by atoms with van der Waals surface area (Å²) in [5.41, 5.74) is 4.11. The molecule has 0 fully saturated rings. The van der Waals surface area contributed by atoms with Gasteiger partial charge >= 0.3 is 179 Å². The molecular weight excluding hydrogens is 447 g/mol. The van der Waals surface area contributed by atoms with Crippen LogP contribution in [0.1, 0.15) is 52.1 Å². The minimum atomic E-state index is -0.654. The van der Waals surface area contributed by atoms with Crippen LogP contribution in [0.3, 0.4) is 0 Å². The molecule has 0 radical (unpaired) electrons. The standard InChI is InChI=1S/C25H29BN4O3S/c1-24(2,3)18-10-7-16(8-11-18)17-9-12-20-19(13-17)29-21(34-20)14-28-22(26-32-15-27)30-23(31)33-25(4,5)6/h7-13,28H,14H2,1-6H3,(H,30,31). The molecule has 0 atom stereocenters. The number of nitrogens with one attached hydrogen (secondary N) is 2. The molecule has 0 saturated heterocycles. The molecule has 0 aliphatic carbocycles. The Kier molecular flexibility index (Phi) is 7.63. The van der Waals surface area contributed by atoms with Gasteiger partial charge < -0.3 is 0 Å². The van der Waals surface area contributed by atoms with E-state index in [1.807, 2.05) is 0 Å². The Labute approximate surface area is 205 Å². The van der Waals surface area contributed by atoms with E-state index in [1.54, 1.807) is 38.4 Å². The van der Waals surface area contributed by atoms with Gasteiger partial charge in [-0.3, -0.25) is 0 Å². The molecule has 0 unspecified atom stereocenters. The number of carbonyl (C=O) groups excluding carboxylic acids is 1. The van der Waals surface area contributed by atoms with Gasteiger partial charge in [0.25, 0.3) is 0 Å². The normalized spacial score (nSPS) is 12.0. The molecule has 0 spiro atoms. The Bertz CT molecular complexity index is 1230. The molecule has 0 aliphatic rings. The molecule has 0 saturated carbocycles. The van der Waals surface area contributed by atoms with Gasteiger partial charge in [-0.15, -0.1) is 0 Å². The predicted molar refractivity (Wildman–Crippen MR) is 137 cm³/mol. The second-order valence-electron chi connectivity index (χ2n) is 9.84. The van der Waals surface area contributed by atoms with Crippen molar-refractivity contribution in [1.29, 1.82) is 5.26 Å². The molecule has 2 N–H and O–H groups in total. The third-order valence-corrected chi connectivity index (χ3v) is 5.85. The molecule has 0 bridgehead atoms. The number of nitriles is 1. The van der Waals surface area contributed by atoms with Gasteiger partial charge in [0.15, 0.2) is 0 Å². The molecule has 0 aliphatic heterocycles. The first-order valence-electron chi connectivity index (χ1n) is 10.9. The molecule has 7 nitrogen and oxygen atoms in total. The molecule has 3 aromatic rings. The number of ether oxygens (including phenoxy) is 1. The van der Waals surface area contributed by atoms with Gasteiger partial charge in [0.2, 0.25) is 0 Å². The molecule has 1 aromatic heterocycles. The third kappa shape index (κ3) is 7.06. The summed E-state index contributed by atoms with van der Waals surface area (Å²) in [6.07, 6.45) is 0.898. The Morgan fingerprint density at radius 2 is 1.76 bits per heavy atom. The van der Waals surface area contributed by atoms with Crippen LogP contribution in [0.5, 0.6) is 0 Å². The number of hydrogen-bond donors (Lipinski definition) is 2. The Hall–Kier alpha value is -3.38. The SMILES string of the molecule is CC(C)(C)OC(=O)NC(=BOC#N)NCc1nc2cc(-c3ccc(C(C)(C)C)cc3)ccc2s1. The molecule has 34 heavy (non-hydrogen) atoms. The van der Waals surface area contributed by atoms with Crippen LogP contribution >= 0.6 is 11.3 Å².